The molecule has 0 bridgehead atoms. The van der Waals surface area contributed by atoms with Gasteiger partial charge < -0.3 is 14.6 Å². The van der Waals surface area contributed by atoms with Crippen molar-refractivity contribution >= 4 is 11.8 Å². The maximum Gasteiger partial charge on any atom is 0.251 e. The molecule has 1 heterocycles. The van der Waals surface area contributed by atoms with Crippen molar-refractivity contribution in [2.75, 3.05) is 7.05 Å². The van der Waals surface area contributed by atoms with Crippen LogP contribution in [0.4, 0.5) is 4.39 Å². The molecule has 1 atom stereocenters. The fourth-order valence-corrected chi connectivity index (χ4v) is 2.46. The van der Waals surface area contributed by atoms with Crippen molar-refractivity contribution in [1.29, 1.82) is 0 Å². The Kier molecular flexibility index (Phi) is 5.96. The molecular weight excluding hydrogens is 323 g/mol. The van der Waals surface area contributed by atoms with Crippen LogP contribution in [-0.4, -0.2) is 29.8 Å². The lowest BCUT2D eigenvalue weighted by Crippen LogP contribution is -2.50. The maximum absolute atomic E-state index is 13.0. The van der Waals surface area contributed by atoms with Gasteiger partial charge in [0.15, 0.2) is 0 Å². The Morgan fingerprint density at radius 3 is 2.32 bits per heavy atom. The van der Waals surface area contributed by atoms with Crippen LogP contribution in [0.3, 0.4) is 0 Å². The van der Waals surface area contributed by atoms with E-state index in [2.05, 4.69) is 5.32 Å². The number of amides is 2. The first-order valence-electron chi connectivity index (χ1n) is 8.14. The van der Waals surface area contributed by atoms with E-state index in [-0.39, 0.29) is 11.8 Å². The number of nitrogens with zero attached hydrogens (tertiary/aromatic N) is 1. The van der Waals surface area contributed by atoms with Crippen LogP contribution in [0.25, 0.3) is 0 Å². The van der Waals surface area contributed by atoms with Gasteiger partial charge in [-0.3, -0.25) is 9.59 Å². The van der Waals surface area contributed by atoms with Gasteiger partial charge >= 0.3 is 0 Å². The topological polar surface area (TPSA) is 62.6 Å². The second-order valence-electron chi connectivity index (χ2n) is 6.41. The fraction of sp³-hybridized carbons (Fsp3) is 0.368. The first kappa shape index (κ1) is 18.7. The highest BCUT2D eigenvalue weighted by Crippen LogP contribution is 2.13. The van der Waals surface area contributed by atoms with E-state index in [0.29, 0.717) is 17.9 Å². The lowest BCUT2D eigenvalue weighted by atomic mass is 10.0. The molecule has 0 saturated carbocycles. The fourth-order valence-electron chi connectivity index (χ4n) is 2.46. The van der Waals surface area contributed by atoms with E-state index >= 15 is 0 Å². The standard InChI is InChI=1S/C19H23FN2O3/c1-12(2)17(21-18(23)14-6-8-15(20)9-7-14)19(24)22(4)11-16-10-5-13(3)25-16/h5-10,12,17H,11H2,1-4H3,(H,21,23). The highest BCUT2D eigenvalue weighted by molar-refractivity contribution is 5.97. The normalized spacial score (nSPS) is 12.1. The predicted molar refractivity (Wildman–Crippen MR) is 92.4 cm³/mol. The van der Waals surface area contributed by atoms with Crippen molar-refractivity contribution in [3.8, 4) is 0 Å². The van der Waals surface area contributed by atoms with E-state index in [1.54, 1.807) is 7.05 Å². The maximum atomic E-state index is 13.0. The van der Waals surface area contributed by atoms with Crippen molar-refractivity contribution in [2.24, 2.45) is 5.92 Å². The number of hydrogen-bond acceptors (Lipinski definition) is 3. The number of furan rings is 1. The van der Waals surface area contributed by atoms with Gasteiger partial charge in [0.05, 0.1) is 6.54 Å². The Morgan fingerprint density at radius 2 is 1.80 bits per heavy atom. The predicted octanol–water partition coefficient (Wildman–Crippen LogP) is 3.14. The molecule has 0 aliphatic rings. The zero-order chi connectivity index (χ0) is 18.6. The minimum Gasteiger partial charge on any atom is -0.464 e. The Balaban J connectivity index is 2.06. The number of carbonyl (C=O) groups excluding carboxylic acids is 2. The summed E-state index contributed by atoms with van der Waals surface area (Å²) < 4.78 is 18.5. The monoisotopic (exact) mass is 346 g/mol. The molecule has 2 amide bonds. The van der Waals surface area contributed by atoms with Crippen LogP contribution in [0.2, 0.25) is 0 Å². The van der Waals surface area contributed by atoms with Crippen LogP contribution in [-0.2, 0) is 11.3 Å². The Hall–Kier alpha value is -2.63. The van der Waals surface area contributed by atoms with E-state index < -0.39 is 17.8 Å². The van der Waals surface area contributed by atoms with Crippen LogP contribution in [0.15, 0.2) is 40.8 Å². The molecule has 2 aromatic rings. The molecule has 0 aliphatic heterocycles. The third-order valence-electron chi connectivity index (χ3n) is 3.89. The molecule has 2 rings (SSSR count). The number of aryl methyl sites for hydroxylation is 1. The van der Waals surface area contributed by atoms with Crippen LogP contribution in [0, 0.1) is 18.7 Å². The number of rotatable bonds is 6. The third kappa shape index (κ3) is 4.92. The van der Waals surface area contributed by atoms with Gasteiger partial charge in [-0.1, -0.05) is 13.8 Å². The Labute approximate surface area is 146 Å². The number of halogens is 1. The molecule has 1 unspecified atom stereocenters. The summed E-state index contributed by atoms with van der Waals surface area (Å²) in [5.41, 5.74) is 0.309. The van der Waals surface area contributed by atoms with Crippen LogP contribution < -0.4 is 5.32 Å². The van der Waals surface area contributed by atoms with E-state index in [1.165, 1.54) is 29.2 Å². The summed E-state index contributed by atoms with van der Waals surface area (Å²) in [5, 5.41) is 2.74. The van der Waals surface area contributed by atoms with Crippen molar-refractivity contribution in [2.45, 2.75) is 33.4 Å². The highest BCUT2D eigenvalue weighted by Gasteiger charge is 2.27. The molecule has 5 nitrogen and oxygen atoms in total. The Morgan fingerprint density at radius 1 is 1.16 bits per heavy atom. The zero-order valence-electron chi connectivity index (χ0n) is 14.9. The summed E-state index contributed by atoms with van der Waals surface area (Å²) in [5.74, 6) is 0.328. The lowest BCUT2D eigenvalue weighted by Gasteiger charge is -2.26. The molecule has 0 spiro atoms. The van der Waals surface area contributed by atoms with Gasteiger partial charge in [0, 0.05) is 12.6 Å². The molecule has 25 heavy (non-hydrogen) atoms. The van der Waals surface area contributed by atoms with Crippen molar-refractivity contribution in [3.05, 3.63) is 59.3 Å². The van der Waals surface area contributed by atoms with Crippen molar-refractivity contribution in [3.63, 3.8) is 0 Å². The summed E-state index contributed by atoms with van der Waals surface area (Å²) in [4.78, 5) is 26.6. The van der Waals surface area contributed by atoms with Gasteiger partial charge in [-0.2, -0.15) is 0 Å². The van der Waals surface area contributed by atoms with Gasteiger partial charge in [-0.25, -0.2) is 4.39 Å². The molecule has 0 fully saturated rings. The number of likely N-dealkylation sites (N-methyl/N-ethyl adjacent to an activating group) is 1. The average Bonchev–Trinajstić information content (AvgIpc) is 2.97. The second kappa shape index (κ2) is 7.96. The minimum absolute atomic E-state index is 0.0994. The van der Waals surface area contributed by atoms with Crippen molar-refractivity contribution in [1.82, 2.24) is 10.2 Å². The summed E-state index contributed by atoms with van der Waals surface area (Å²) in [6.45, 7) is 5.88. The number of carbonyl (C=O) groups is 2. The first-order chi connectivity index (χ1) is 11.8. The van der Waals surface area contributed by atoms with E-state index in [1.807, 2.05) is 32.9 Å². The molecular formula is C19H23FN2O3. The van der Waals surface area contributed by atoms with Gasteiger partial charge in [0.1, 0.15) is 23.4 Å². The highest BCUT2D eigenvalue weighted by atomic mass is 19.1. The van der Waals surface area contributed by atoms with E-state index in [4.69, 9.17) is 4.42 Å². The quantitative estimate of drug-likeness (QED) is 0.874. The van der Waals surface area contributed by atoms with E-state index in [0.717, 1.165) is 5.76 Å². The Bertz CT molecular complexity index is 737. The molecule has 0 aliphatic carbocycles. The molecule has 6 heteroatoms. The van der Waals surface area contributed by atoms with Gasteiger partial charge in [0.25, 0.3) is 5.91 Å². The smallest absolute Gasteiger partial charge is 0.251 e. The number of nitrogens with one attached hydrogen (secondary N) is 1. The molecule has 0 saturated heterocycles. The largest absolute Gasteiger partial charge is 0.464 e. The number of hydrogen-bond donors (Lipinski definition) is 1. The van der Waals surface area contributed by atoms with Crippen LogP contribution in [0.1, 0.15) is 35.7 Å². The second-order valence-corrected chi connectivity index (χ2v) is 6.41. The van der Waals surface area contributed by atoms with E-state index in [9.17, 15) is 14.0 Å². The van der Waals surface area contributed by atoms with Gasteiger partial charge in [-0.15, -0.1) is 0 Å². The third-order valence-corrected chi connectivity index (χ3v) is 3.89. The average molecular weight is 346 g/mol. The van der Waals surface area contributed by atoms with Gasteiger partial charge in [-0.05, 0) is 49.2 Å². The number of benzene rings is 1. The van der Waals surface area contributed by atoms with Crippen molar-refractivity contribution < 1.29 is 18.4 Å². The minimum atomic E-state index is -0.682. The molecule has 1 N–H and O–H groups in total. The molecule has 1 aromatic carbocycles. The first-order valence-corrected chi connectivity index (χ1v) is 8.14. The summed E-state index contributed by atoms with van der Waals surface area (Å²) in [7, 11) is 1.67. The van der Waals surface area contributed by atoms with Gasteiger partial charge in [0.2, 0.25) is 5.91 Å². The zero-order valence-corrected chi connectivity index (χ0v) is 14.9. The summed E-state index contributed by atoms with van der Waals surface area (Å²) in [6, 6.07) is 8.19. The molecule has 1 aromatic heterocycles. The van der Waals surface area contributed by atoms with Crippen LogP contribution in [0.5, 0.6) is 0 Å². The summed E-state index contributed by atoms with van der Waals surface area (Å²) in [6.07, 6.45) is 0. The summed E-state index contributed by atoms with van der Waals surface area (Å²) >= 11 is 0. The lowest BCUT2D eigenvalue weighted by molar-refractivity contribution is -0.133. The SMILES string of the molecule is Cc1ccc(CN(C)C(=O)C(NC(=O)c2ccc(F)cc2)C(C)C)o1. The molecule has 134 valence electrons. The van der Waals surface area contributed by atoms with Crippen LogP contribution >= 0.6 is 0 Å². The molecule has 0 radical (unpaired) electrons.